The molecule has 0 aliphatic rings. The van der Waals surface area contributed by atoms with Crippen molar-refractivity contribution in [2.45, 2.75) is 13.1 Å². The van der Waals surface area contributed by atoms with Crippen molar-refractivity contribution in [3.05, 3.63) is 40.1 Å². The third-order valence-corrected chi connectivity index (χ3v) is 3.90. The lowest BCUT2D eigenvalue weighted by molar-refractivity contribution is -0.142. The number of aromatic nitrogens is 5. The minimum atomic E-state index is -4.76. The maximum absolute atomic E-state index is 13.2. The van der Waals surface area contributed by atoms with Crippen molar-refractivity contribution in [3.63, 3.8) is 0 Å². The first kappa shape index (κ1) is 18.6. The third-order valence-electron chi connectivity index (χ3n) is 3.56. The molecule has 0 aliphatic heterocycles. The lowest BCUT2D eigenvalue weighted by Crippen LogP contribution is -2.17. The summed E-state index contributed by atoms with van der Waals surface area (Å²) in [6.45, 7) is 1.34. The second-order valence-electron chi connectivity index (χ2n) is 5.47. The summed E-state index contributed by atoms with van der Waals surface area (Å²) in [4.78, 5) is 27.5. The first-order valence-corrected chi connectivity index (χ1v) is 7.58. The number of nitrogens with one attached hydrogen (secondary N) is 1. The molecule has 3 aromatic rings. The number of aryl methyl sites for hydroxylation is 2. The summed E-state index contributed by atoms with van der Waals surface area (Å²) in [6.07, 6.45) is -3.68. The fourth-order valence-corrected chi connectivity index (χ4v) is 2.67. The fraction of sp³-hybridized carbons (Fsp3) is 0.214. The van der Waals surface area contributed by atoms with E-state index in [1.54, 1.807) is 0 Å². The smallest absolute Gasteiger partial charge is 0.433 e. The molecule has 27 heavy (non-hydrogen) atoms. The number of carbonyl (C=O) groups is 2. The van der Waals surface area contributed by atoms with Gasteiger partial charge in [-0.05, 0) is 13.0 Å². The number of anilines is 1. The minimum absolute atomic E-state index is 0.0315. The van der Waals surface area contributed by atoms with E-state index in [4.69, 9.17) is 16.7 Å². The molecule has 0 aromatic carbocycles. The Morgan fingerprint density at radius 1 is 1.33 bits per heavy atom. The van der Waals surface area contributed by atoms with Gasteiger partial charge in [0.15, 0.2) is 17.0 Å². The molecule has 9 nitrogen and oxygen atoms in total. The van der Waals surface area contributed by atoms with E-state index in [0.29, 0.717) is 4.52 Å². The van der Waals surface area contributed by atoms with Crippen molar-refractivity contribution in [2.75, 3.05) is 5.32 Å². The van der Waals surface area contributed by atoms with Gasteiger partial charge >= 0.3 is 12.1 Å². The maximum atomic E-state index is 13.2. The molecule has 0 spiro atoms. The van der Waals surface area contributed by atoms with Crippen LogP contribution in [0.25, 0.3) is 5.65 Å². The highest BCUT2D eigenvalue weighted by atomic mass is 35.5. The number of amides is 1. The second-order valence-corrected chi connectivity index (χ2v) is 5.85. The number of carboxylic acids is 1. The van der Waals surface area contributed by atoms with E-state index in [-0.39, 0.29) is 22.7 Å². The zero-order chi connectivity index (χ0) is 20.1. The van der Waals surface area contributed by atoms with Crippen LogP contribution in [-0.4, -0.2) is 41.4 Å². The van der Waals surface area contributed by atoms with Crippen LogP contribution in [0.15, 0.2) is 12.3 Å². The Morgan fingerprint density at radius 3 is 2.59 bits per heavy atom. The number of alkyl halides is 3. The quantitative estimate of drug-likeness (QED) is 0.695. The summed E-state index contributed by atoms with van der Waals surface area (Å²) < 4.78 is 41.1. The van der Waals surface area contributed by atoms with E-state index in [1.165, 1.54) is 14.0 Å². The highest BCUT2D eigenvalue weighted by Crippen LogP contribution is 2.32. The van der Waals surface area contributed by atoms with Gasteiger partial charge in [0.2, 0.25) is 0 Å². The highest BCUT2D eigenvalue weighted by Gasteiger charge is 2.36. The highest BCUT2D eigenvalue weighted by molar-refractivity contribution is 6.37. The molecule has 0 saturated carbocycles. The Labute approximate surface area is 153 Å². The van der Waals surface area contributed by atoms with Crippen molar-refractivity contribution in [2.24, 2.45) is 7.05 Å². The van der Waals surface area contributed by atoms with Gasteiger partial charge in [0.05, 0.1) is 11.9 Å². The average molecular weight is 403 g/mol. The van der Waals surface area contributed by atoms with Gasteiger partial charge in [0.25, 0.3) is 5.91 Å². The van der Waals surface area contributed by atoms with E-state index >= 15 is 0 Å². The van der Waals surface area contributed by atoms with Crippen LogP contribution in [0.2, 0.25) is 5.02 Å². The molecular weight excluding hydrogens is 393 g/mol. The lowest BCUT2D eigenvalue weighted by Gasteiger charge is -2.09. The van der Waals surface area contributed by atoms with Crippen molar-refractivity contribution in [1.29, 1.82) is 0 Å². The summed E-state index contributed by atoms with van der Waals surface area (Å²) in [5.41, 5.74) is -2.50. The first-order chi connectivity index (χ1) is 12.5. The van der Waals surface area contributed by atoms with Crippen molar-refractivity contribution in [3.8, 4) is 0 Å². The number of rotatable bonds is 3. The molecule has 3 heterocycles. The van der Waals surface area contributed by atoms with Gasteiger partial charge in [-0.1, -0.05) is 11.6 Å². The van der Waals surface area contributed by atoms with E-state index in [2.05, 4.69) is 20.5 Å². The molecular formula is C14H10ClF3N6O3. The number of aromatic carboxylic acids is 1. The molecule has 0 fully saturated rings. The molecule has 142 valence electrons. The Hall–Kier alpha value is -3.15. The summed E-state index contributed by atoms with van der Waals surface area (Å²) in [7, 11) is 1.35. The van der Waals surface area contributed by atoms with Crippen LogP contribution in [-0.2, 0) is 13.2 Å². The fourth-order valence-electron chi connectivity index (χ4n) is 2.42. The first-order valence-electron chi connectivity index (χ1n) is 7.20. The summed E-state index contributed by atoms with van der Waals surface area (Å²) in [5, 5.41) is 18.3. The van der Waals surface area contributed by atoms with Crippen molar-refractivity contribution < 1.29 is 27.9 Å². The van der Waals surface area contributed by atoms with Crippen LogP contribution in [0.1, 0.15) is 32.4 Å². The third kappa shape index (κ3) is 3.18. The number of carboxylic acid groups (broad SMARTS) is 1. The number of carbonyl (C=O) groups excluding carboxylic acids is 1. The Kier molecular flexibility index (Phi) is 4.30. The molecule has 2 N–H and O–H groups in total. The minimum Gasteiger partial charge on any atom is -0.476 e. The SMILES string of the molecule is Cc1cc(C(F)(F)F)n2nc(C(=O)Nc3cnn(C)c3C(=O)O)c(Cl)c2n1. The van der Waals surface area contributed by atoms with E-state index in [1.807, 2.05) is 0 Å². The molecule has 0 aliphatic carbocycles. The molecule has 0 radical (unpaired) electrons. The standard InChI is InChI=1S/C14H10ClF3N6O3/c1-5-3-7(14(16,17)18)24-11(20-5)8(15)9(22-24)12(25)21-6-4-19-23(2)10(6)13(26)27/h3-4H,1-2H3,(H,21,25)(H,26,27). The zero-order valence-corrected chi connectivity index (χ0v) is 14.4. The summed E-state index contributed by atoms with van der Waals surface area (Å²) >= 11 is 6.01. The number of fused-ring (bicyclic) bond motifs is 1. The predicted molar refractivity (Wildman–Crippen MR) is 85.9 cm³/mol. The van der Waals surface area contributed by atoms with Gasteiger partial charge in [0.1, 0.15) is 10.7 Å². The molecule has 0 atom stereocenters. The molecule has 3 rings (SSSR count). The number of hydrogen-bond donors (Lipinski definition) is 2. The summed E-state index contributed by atoms with van der Waals surface area (Å²) in [5.74, 6) is -2.37. The zero-order valence-electron chi connectivity index (χ0n) is 13.7. The van der Waals surface area contributed by atoms with E-state index in [0.717, 1.165) is 16.9 Å². The van der Waals surface area contributed by atoms with E-state index < -0.39 is 34.5 Å². The largest absolute Gasteiger partial charge is 0.476 e. The number of nitrogens with zero attached hydrogens (tertiary/aromatic N) is 5. The Bertz CT molecular complexity index is 1090. The lowest BCUT2D eigenvalue weighted by atomic mass is 10.3. The van der Waals surface area contributed by atoms with Crippen molar-refractivity contribution in [1.82, 2.24) is 24.4 Å². The average Bonchev–Trinajstić information content (AvgIpc) is 3.07. The molecule has 1 amide bonds. The van der Waals surface area contributed by atoms with Crippen LogP contribution >= 0.6 is 11.6 Å². The Morgan fingerprint density at radius 2 is 2.00 bits per heavy atom. The normalized spacial score (nSPS) is 11.8. The van der Waals surface area contributed by atoms with Gasteiger partial charge < -0.3 is 10.4 Å². The van der Waals surface area contributed by atoms with Crippen LogP contribution in [0, 0.1) is 6.92 Å². The van der Waals surface area contributed by atoms with Crippen molar-refractivity contribution >= 4 is 34.8 Å². The second kappa shape index (κ2) is 6.23. The summed E-state index contributed by atoms with van der Waals surface area (Å²) in [6, 6.07) is 0.766. The maximum Gasteiger partial charge on any atom is 0.433 e. The molecule has 0 bridgehead atoms. The molecule has 13 heteroatoms. The van der Waals surface area contributed by atoms with Gasteiger partial charge in [-0.15, -0.1) is 0 Å². The number of halogens is 4. The van der Waals surface area contributed by atoms with Gasteiger partial charge in [-0.25, -0.2) is 14.3 Å². The number of hydrogen-bond acceptors (Lipinski definition) is 5. The van der Waals surface area contributed by atoms with E-state index in [9.17, 15) is 22.8 Å². The van der Waals surface area contributed by atoms with Gasteiger partial charge in [0, 0.05) is 12.7 Å². The Balaban J connectivity index is 2.09. The monoisotopic (exact) mass is 402 g/mol. The topological polar surface area (TPSA) is 114 Å². The van der Waals surface area contributed by atoms with Gasteiger partial charge in [-0.3, -0.25) is 9.48 Å². The predicted octanol–water partition coefficient (Wildman–Crippen LogP) is 2.39. The van der Waals surface area contributed by atoms with Crippen LogP contribution < -0.4 is 5.32 Å². The molecule has 0 unspecified atom stereocenters. The van der Waals surface area contributed by atoms with Crippen LogP contribution in [0.3, 0.4) is 0 Å². The van der Waals surface area contributed by atoms with Crippen LogP contribution in [0.5, 0.6) is 0 Å². The van der Waals surface area contributed by atoms with Gasteiger partial charge in [-0.2, -0.15) is 23.4 Å². The van der Waals surface area contributed by atoms with Crippen LogP contribution in [0.4, 0.5) is 18.9 Å². The molecule has 3 aromatic heterocycles. The molecule has 0 saturated heterocycles.